The quantitative estimate of drug-likeness (QED) is 0.0595. The van der Waals surface area contributed by atoms with E-state index in [0.717, 1.165) is 17.6 Å². The molecule has 5 N–H and O–H groups in total. The second kappa shape index (κ2) is 21.8. The van der Waals surface area contributed by atoms with Crippen LogP contribution < -0.4 is 0 Å². The first-order valence-electron chi connectivity index (χ1n) is 14.9. The Labute approximate surface area is 223 Å². The molecule has 0 unspecified atom stereocenters. The van der Waals surface area contributed by atoms with Crippen molar-refractivity contribution in [1.82, 2.24) is 0 Å². The van der Waals surface area contributed by atoms with Crippen molar-refractivity contribution in [1.29, 1.82) is 0 Å². The van der Waals surface area contributed by atoms with Gasteiger partial charge < -0.3 is 33.8 Å². The van der Waals surface area contributed by atoms with Crippen LogP contribution in [0.15, 0.2) is 0 Å². The van der Waals surface area contributed by atoms with Gasteiger partial charge in [0.1, 0.15) is 0 Å². The third kappa shape index (κ3) is 20.0. The van der Waals surface area contributed by atoms with Gasteiger partial charge in [-0.2, -0.15) is 0 Å². The highest BCUT2D eigenvalue weighted by Crippen LogP contribution is 2.20. The van der Waals surface area contributed by atoms with Crippen molar-refractivity contribution in [3.05, 3.63) is 0 Å². The van der Waals surface area contributed by atoms with Gasteiger partial charge in [-0.05, 0) is 12.8 Å². The molecule has 0 spiro atoms. The van der Waals surface area contributed by atoms with Crippen LogP contribution in [0.3, 0.4) is 0 Å². The topological polar surface area (TPSA) is 110 Å². The van der Waals surface area contributed by atoms with Gasteiger partial charge in [-0.3, -0.25) is 0 Å². The van der Waals surface area contributed by atoms with Crippen LogP contribution in [0.2, 0.25) is 6.04 Å². The summed E-state index contributed by atoms with van der Waals surface area (Å²) >= 11 is 0. The number of nitrogens with zero attached hydrogens (tertiary/aromatic N) is 1. The van der Waals surface area contributed by atoms with Crippen molar-refractivity contribution in [2.24, 2.45) is 5.41 Å². The molecular weight excluding hydrogens is 474 g/mol. The van der Waals surface area contributed by atoms with E-state index in [2.05, 4.69) is 21.0 Å². The van der Waals surface area contributed by atoms with E-state index in [-0.39, 0.29) is 12.7 Å². The van der Waals surface area contributed by atoms with Gasteiger partial charge in [0.25, 0.3) is 0 Å². The van der Waals surface area contributed by atoms with Gasteiger partial charge in [0.05, 0.1) is 59.0 Å². The van der Waals surface area contributed by atoms with Gasteiger partial charge in [-0.25, -0.2) is 0 Å². The molecule has 0 saturated heterocycles. The number of hydrogen-bond acceptors (Lipinski definition) is 6. The standard InChI is InChI=1S/C28H62NO6Si/c1-4-5-6-7-8-9-10-11-12-13-14-15-16-17-18-19-21-29(2,3)22-20-23-36(33,34)35-27-28(24-30,25-31)26-32/h30-34H,4-27H2,1-3H3/q+1. The van der Waals surface area contributed by atoms with Crippen LogP contribution >= 0.6 is 0 Å². The molecule has 0 aromatic heterocycles. The Balaban J connectivity index is 3.69. The average Bonchev–Trinajstić information content (AvgIpc) is 2.84. The summed E-state index contributed by atoms with van der Waals surface area (Å²) in [6.45, 7) is 2.48. The maximum Gasteiger partial charge on any atom is 0.495 e. The van der Waals surface area contributed by atoms with E-state index >= 15 is 0 Å². The van der Waals surface area contributed by atoms with Gasteiger partial charge in [-0.15, -0.1) is 0 Å². The molecule has 0 aliphatic heterocycles. The molecule has 0 saturated carbocycles. The largest absolute Gasteiger partial charge is 0.495 e. The Bertz CT molecular complexity index is 480. The highest BCUT2D eigenvalue weighted by molar-refractivity contribution is 6.57. The first-order chi connectivity index (χ1) is 17.2. The summed E-state index contributed by atoms with van der Waals surface area (Å²) < 4.78 is 6.08. The molecule has 218 valence electrons. The third-order valence-electron chi connectivity index (χ3n) is 7.50. The van der Waals surface area contributed by atoms with Crippen LogP contribution in [0, 0.1) is 5.41 Å². The molecule has 8 heteroatoms. The van der Waals surface area contributed by atoms with E-state index in [9.17, 15) is 24.9 Å². The highest BCUT2D eigenvalue weighted by atomic mass is 28.4. The van der Waals surface area contributed by atoms with Crippen LogP contribution in [0.5, 0.6) is 0 Å². The fourth-order valence-electron chi connectivity index (χ4n) is 4.56. The molecule has 0 radical (unpaired) electrons. The Morgan fingerprint density at radius 1 is 0.583 bits per heavy atom. The number of unbranched alkanes of at least 4 members (excludes halogenated alkanes) is 15. The Morgan fingerprint density at radius 2 is 0.944 bits per heavy atom. The second-order valence-corrected chi connectivity index (χ2v) is 14.1. The first-order valence-corrected chi connectivity index (χ1v) is 16.9. The molecule has 7 nitrogen and oxygen atoms in total. The monoisotopic (exact) mass is 536 g/mol. The third-order valence-corrected chi connectivity index (χ3v) is 9.11. The smallest absolute Gasteiger partial charge is 0.396 e. The van der Waals surface area contributed by atoms with E-state index in [1.54, 1.807) is 0 Å². The molecule has 0 aromatic rings. The van der Waals surface area contributed by atoms with Crippen molar-refractivity contribution < 1.29 is 33.8 Å². The molecule has 0 heterocycles. The number of aliphatic hydroxyl groups excluding tert-OH is 3. The van der Waals surface area contributed by atoms with Crippen LogP contribution in [-0.2, 0) is 4.43 Å². The molecule has 0 rings (SSSR count). The summed E-state index contributed by atoms with van der Waals surface area (Å²) in [6.07, 6.45) is 22.5. The lowest BCUT2D eigenvalue weighted by molar-refractivity contribution is -0.890. The highest BCUT2D eigenvalue weighted by Gasteiger charge is 2.38. The maximum atomic E-state index is 10.2. The van der Waals surface area contributed by atoms with Crippen LogP contribution in [0.4, 0.5) is 0 Å². The van der Waals surface area contributed by atoms with Gasteiger partial charge in [0, 0.05) is 12.5 Å². The minimum Gasteiger partial charge on any atom is -0.396 e. The van der Waals surface area contributed by atoms with E-state index in [4.69, 9.17) is 4.43 Å². The summed E-state index contributed by atoms with van der Waals surface area (Å²) in [5.74, 6) is 0. The van der Waals surface area contributed by atoms with Crippen LogP contribution in [0.1, 0.15) is 116 Å². The summed E-state index contributed by atoms with van der Waals surface area (Å²) in [5.41, 5.74) is -1.24. The van der Waals surface area contributed by atoms with Gasteiger partial charge in [0.15, 0.2) is 0 Å². The van der Waals surface area contributed by atoms with Crippen LogP contribution in [0.25, 0.3) is 0 Å². The van der Waals surface area contributed by atoms with E-state index < -0.39 is 34.0 Å². The average molecular weight is 537 g/mol. The van der Waals surface area contributed by atoms with E-state index in [1.807, 2.05) is 0 Å². The van der Waals surface area contributed by atoms with E-state index in [0.29, 0.717) is 6.42 Å². The predicted molar refractivity (Wildman–Crippen MR) is 151 cm³/mol. The molecule has 0 aliphatic carbocycles. The van der Waals surface area contributed by atoms with Crippen molar-refractivity contribution in [3.8, 4) is 0 Å². The minimum atomic E-state index is -3.88. The summed E-state index contributed by atoms with van der Waals surface area (Å²) in [6, 6.07) is 0.173. The SMILES string of the molecule is CCCCCCCCCCCCCCCCCC[N+](C)(C)CCC[Si](O)(O)OCC(CO)(CO)CO. The molecule has 36 heavy (non-hydrogen) atoms. The van der Waals surface area contributed by atoms with Gasteiger partial charge >= 0.3 is 8.80 Å². The zero-order chi connectivity index (χ0) is 27.2. The lowest BCUT2D eigenvalue weighted by Gasteiger charge is -2.32. The maximum absolute atomic E-state index is 10.2. The second-order valence-electron chi connectivity index (χ2n) is 11.8. The van der Waals surface area contributed by atoms with Crippen molar-refractivity contribution >= 4 is 8.80 Å². The molecule has 0 amide bonds. The number of rotatable bonds is 27. The Morgan fingerprint density at radius 3 is 1.33 bits per heavy atom. The van der Waals surface area contributed by atoms with Gasteiger partial charge in [-0.1, -0.05) is 96.8 Å². The first kappa shape index (κ1) is 35.9. The molecule has 0 atom stereocenters. The molecule has 0 aromatic carbocycles. The summed E-state index contributed by atoms with van der Waals surface area (Å²) in [7, 11) is 0.476. The Hall–Kier alpha value is -0.0631. The Kier molecular flexibility index (Phi) is 21.8. The fourth-order valence-corrected chi connectivity index (χ4v) is 5.87. The molecular formula is C28H62NO6Si+. The van der Waals surface area contributed by atoms with Crippen molar-refractivity contribution in [3.63, 3.8) is 0 Å². The van der Waals surface area contributed by atoms with Crippen molar-refractivity contribution in [2.75, 3.05) is 53.6 Å². The predicted octanol–water partition coefficient (Wildman–Crippen LogP) is 4.62. The summed E-state index contributed by atoms with van der Waals surface area (Å²) in [5, 5.41) is 28.0. The lowest BCUT2D eigenvalue weighted by Crippen LogP contribution is -2.48. The molecule has 0 aliphatic rings. The fraction of sp³-hybridized carbons (Fsp3) is 1.00. The lowest BCUT2D eigenvalue weighted by atomic mass is 9.93. The van der Waals surface area contributed by atoms with Crippen LogP contribution in [-0.4, -0.2) is 91.8 Å². The van der Waals surface area contributed by atoms with Gasteiger partial charge in [0.2, 0.25) is 0 Å². The number of hydrogen-bond donors (Lipinski definition) is 5. The zero-order valence-electron chi connectivity index (χ0n) is 24.1. The molecule has 0 fully saturated rings. The minimum absolute atomic E-state index is 0.173. The van der Waals surface area contributed by atoms with Crippen molar-refractivity contribution in [2.45, 2.75) is 122 Å². The van der Waals surface area contributed by atoms with E-state index in [1.165, 1.54) is 103 Å². The normalized spacial score (nSPS) is 13.0. The number of quaternary nitrogens is 1. The number of aliphatic hydroxyl groups is 3. The summed E-state index contributed by atoms with van der Waals surface area (Å²) in [4.78, 5) is 20.4. The molecule has 0 bridgehead atoms. The zero-order valence-corrected chi connectivity index (χ0v) is 25.1.